The Bertz CT molecular complexity index is 1010. The molecule has 6 rings (SSSR count). The van der Waals surface area contributed by atoms with Crippen LogP contribution in [0, 0.1) is 49.4 Å². The summed E-state index contributed by atoms with van der Waals surface area (Å²) in [6.45, 7) is 22.6. The number of hydrogen-bond acceptors (Lipinski definition) is 0. The van der Waals surface area contributed by atoms with Crippen molar-refractivity contribution in [3.8, 4) is 0 Å². The molecular formula is C34H50P2. The highest BCUT2D eigenvalue weighted by molar-refractivity contribution is 7.73. The maximum Gasteiger partial charge on any atom is -0.0163 e. The van der Waals surface area contributed by atoms with Crippen LogP contribution < -0.4 is 10.6 Å². The van der Waals surface area contributed by atoms with Gasteiger partial charge in [-0.2, -0.15) is 0 Å². The lowest BCUT2D eigenvalue weighted by Crippen LogP contribution is -2.62. The van der Waals surface area contributed by atoms with E-state index >= 15 is 0 Å². The van der Waals surface area contributed by atoms with E-state index in [0.29, 0.717) is 10.3 Å². The van der Waals surface area contributed by atoms with Gasteiger partial charge >= 0.3 is 0 Å². The van der Waals surface area contributed by atoms with Crippen LogP contribution in [0.5, 0.6) is 0 Å². The normalized spacial score (nSPS) is 32.0. The molecule has 2 heteroatoms. The average molecular weight is 521 g/mol. The maximum absolute atomic E-state index is 2.66. The average Bonchev–Trinajstić information content (AvgIpc) is 2.76. The highest BCUT2D eigenvalue weighted by Crippen LogP contribution is 2.75. The van der Waals surface area contributed by atoms with Crippen molar-refractivity contribution in [2.75, 3.05) is 6.16 Å². The lowest BCUT2D eigenvalue weighted by molar-refractivity contribution is -0.110. The van der Waals surface area contributed by atoms with Crippen LogP contribution in [-0.2, 0) is 0 Å². The van der Waals surface area contributed by atoms with Gasteiger partial charge in [-0.1, -0.05) is 105 Å². The van der Waals surface area contributed by atoms with Crippen LogP contribution in [-0.4, -0.2) is 22.1 Å². The molecule has 4 aliphatic carbocycles. The highest BCUT2D eigenvalue weighted by Gasteiger charge is 2.62. The molecule has 2 aromatic carbocycles. The molecule has 36 heavy (non-hydrogen) atoms. The zero-order chi connectivity index (χ0) is 26.0. The van der Waals surface area contributed by atoms with Crippen molar-refractivity contribution in [3.63, 3.8) is 0 Å². The first kappa shape index (κ1) is 26.9. The minimum Gasteiger partial charge on any atom is -0.0921 e. The molecule has 0 spiro atoms. The quantitative estimate of drug-likeness (QED) is 0.345. The first-order valence-electron chi connectivity index (χ1n) is 14.6. The first-order valence-corrected chi connectivity index (χ1v) is 17.5. The van der Waals surface area contributed by atoms with Crippen LogP contribution in [0.15, 0.2) is 48.5 Å². The van der Waals surface area contributed by atoms with Gasteiger partial charge in [0.15, 0.2) is 0 Å². The Balaban J connectivity index is 1.50. The summed E-state index contributed by atoms with van der Waals surface area (Å²) in [5.41, 5.74) is 3.96. The van der Waals surface area contributed by atoms with Gasteiger partial charge in [0.2, 0.25) is 0 Å². The third-order valence-electron chi connectivity index (χ3n) is 10.2. The van der Waals surface area contributed by atoms with Crippen molar-refractivity contribution >= 4 is 26.5 Å². The standard InChI is InChI=1S/C34H50P2/c1-22-14-10-12-16-29(22)35(30-17-13-11-15-23(30)2)21-28-24(3)25-18-19-26(28)32-27(25)20-31(32)36(33(4,5)6)34(7,8)9/h10-17,24-28,31-32H,18-21H2,1-9H3. The van der Waals surface area contributed by atoms with Gasteiger partial charge < -0.3 is 0 Å². The molecule has 0 amide bonds. The molecule has 4 saturated carbocycles. The van der Waals surface area contributed by atoms with Gasteiger partial charge in [-0.3, -0.25) is 0 Å². The lowest BCUT2D eigenvalue weighted by Gasteiger charge is -2.68. The van der Waals surface area contributed by atoms with Gasteiger partial charge in [-0.25, -0.2) is 0 Å². The summed E-state index contributed by atoms with van der Waals surface area (Å²) in [5, 5.41) is 4.14. The highest BCUT2D eigenvalue weighted by atomic mass is 31.1. The fraction of sp³-hybridized carbons (Fsp3) is 0.647. The molecular weight excluding hydrogens is 470 g/mol. The van der Waals surface area contributed by atoms with E-state index in [-0.39, 0.29) is 15.8 Å². The van der Waals surface area contributed by atoms with E-state index in [4.69, 9.17) is 0 Å². The fourth-order valence-corrected chi connectivity index (χ4v) is 17.7. The molecule has 4 aliphatic rings. The summed E-state index contributed by atoms with van der Waals surface area (Å²) in [4.78, 5) is 0. The van der Waals surface area contributed by atoms with Crippen LogP contribution in [0.3, 0.4) is 0 Å². The second kappa shape index (κ2) is 9.80. The molecule has 0 N–H and O–H groups in total. The largest absolute Gasteiger partial charge is 0.0921 e. The number of fused-ring (bicyclic) bond motifs is 2. The first-order chi connectivity index (χ1) is 16.9. The Morgan fingerprint density at radius 1 is 0.722 bits per heavy atom. The van der Waals surface area contributed by atoms with Gasteiger partial charge in [0, 0.05) is 0 Å². The predicted octanol–water partition coefficient (Wildman–Crippen LogP) is 9.11. The van der Waals surface area contributed by atoms with Crippen LogP contribution in [0.4, 0.5) is 0 Å². The second-order valence-corrected chi connectivity index (χ2v) is 20.6. The van der Waals surface area contributed by atoms with Gasteiger partial charge in [-0.05, 0) is 120 Å². The van der Waals surface area contributed by atoms with Crippen LogP contribution >= 0.6 is 15.8 Å². The Kier molecular flexibility index (Phi) is 7.32. The molecule has 0 aromatic heterocycles. The van der Waals surface area contributed by atoms with Crippen LogP contribution in [0.2, 0.25) is 0 Å². The Morgan fingerprint density at radius 3 is 1.72 bits per heavy atom. The molecule has 0 radical (unpaired) electrons. The molecule has 2 bridgehead atoms. The van der Waals surface area contributed by atoms with E-state index in [2.05, 4.69) is 111 Å². The SMILES string of the molecule is Cc1ccccc1P(CC1C(C)C2CCC1C1C2CC1P(C(C)(C)C)C(C)(C)C)c1ccccc1C. The Labute approximate surface area is 224 Å². The Morgan fingerprint density at radius 2 is 1.22 bits per heavy atom. The molecule has 196 valence electrons. The van der Waals surface area contributed by atoms with E-state index in [1.165, 1.54) is 36.6 Å². The molecule has 7 atom stereocenters. The van der Waals surface area contributed by atoms with Gasteiger partial charge in [0.1, 0.15) is 0 Å². The summed E-state index contributed by atoms with van der Waals surface area (Å²) in [7, 11) is -0.351. The molecule has 2 aromatic rings. The Hall–Kier alpha value is -0.700. The van der Waals surface area contributed by atoms with Gasteiger partial charge in [-0.15, -0.1) is 0 Å². The van der Waals surface area contributed by atoms with Crippen molar-refractivity contribution < 1.29 is 0 Å². The summed E-state index contributed by atoms with van der Waals surface area (Å²) >= 11 is 0. The minimum atomic E-state index is -0.332. The van der Waals surface area contributed by atoms with Crippen molar-refractivity contribution in [1.29, 1.82) is 0 Å². The maximum atomic E-state index is 2.66. The number of benzene rings is 2. The molecule has 0 saturated heterocycles. The van der Waals surface area contributed by atoms with Crippen LogP contribution in [0.1, 0.15) is 78.9 Å². The third-order valence-corrected chi connectivity index (χ3v) is 17.3. The van der Waals surface area contributed by atoms with E-state index in [0.717, 1.165) is 41.2 Å². The topological polar surface area (TPSA) is 0 Å². The van der Waals surface area contributed by atoms with Gasteiger partial charge in [0.25, 0.3) is 0 Å². The fourth-order valence-electron chi connectivity index (χ4n) is 9.25. The monoisotopic (exact) mass is 520 g/mol. The smallest absolute Gasteiger partial charge is 0.0163 e. The molecule has 0 heterocycles. The summed E-state index contributed by atoms with van der Waals surface area (Å²) in [6.07, 6.45) is 5.94. The number of hydrogen-bond donors (Lipinski definition) is 0. The molecule has 0 nitrogen and oxygen atoms in total. The van der Waals surface area contributed by atoms with Crippen molar-refractivity contribution in [2.45, 2.75) is 97.5 Å². The lowest BCUT2D eigenvalue weighted by atomic mass is 9.44. The molecule has 7 unspecified atom stereocenters. The summed E-state index contributed by atoms with van der Waals surface area (Å²) in [5.74, 6) is 5.72. The predicted molar refractivity (Wildman–Crippen MR) is 164 cm³/mol. The zero-order valence-corrected chi connectivity index (χ0v) is 26.2. The number of aryl methyl sites for hydroxylation is 2. The second-order valence-electron chi connectivity index (χ2n) is 14.4. The van der Waals surface area contributed by atoms with E-state index in [1.54, 1.807) is 10.6 Å². The van der Waals surface area contributed by atoms with Crippen molar-refractivity contribution in [1.82, 2.24) is 0 Å². The van der Waals surface area contributed by atoms with Crippen LogP contribution in [0.25, 0.3) is 0 Å². The zero-order valence-electron chi connectivity index (χ0n) is 24.4. The van der Waals surface area contributed by atoms with Crippen molar-refractivity contribution in [2.24, 2.45) is 35.5 Å². The van der Waals surface area contributed by atoms with Gasteiger partial charge in [0.05, 0.1) is 0 Å². The van der Waals surface area contributed by atoms with E-state index < -0.39 is 0 Å². The summed E-state index contributed by atoms with van der Waals surface area (Å²) in [6, 6.07) is 18.6. The molecule has 4 fully saturated rings. The van der Waals surface area contributed by atoms with E-state index in [9.17, 15) is 0 Å². The number of rotatable bonds is 5. The van der Waals surface area contributed by atoms with Crippen molar-refractivity contribution in [3.05, 3.63) is 59.7 Å². The third kappa shape index (κ3) is 4.66. The van der Waals surface area contributed by atoms with E-state index in [1.807, 2.05) is 0 Å². The summed E-state index contributed by atoms with van der Waals surface area (Å²) < 4.78 is 0. The minimum absolute atomic E-state index is 0.0189. The molecule has 0 aliphatic heterocycles.